The lowest BCUT2D eigenvalue weighted by atomic mass is 10.0. The molecule has 1 saturated heterocycles. The van der Waals surface area contributed by atoms with Crippen LogP contribution in [-0.2, 0) is 10.0 Å². The molecular formula is C16H26N2O2S. The summed E-state index contributed by atoms with van der Waals surface area (Å²) in [7, 11) is -3.36. The van der Waals surface area contributed by atoms with Gasteiger partial charge in [0.2, 0.25) is 10.0 Å². The van der Waals surface area contributed by atoms with Crippen molar-refractivity contribution in [3.63, 3.8) is 0 Å². The second-order valence-corrected chi connectivity index (χ2v) is 7.88. The fourth-order valence-corrected chi connectivity index (χ4v) is 3.87. The van der Waals surface area contributed by atoms with Gasteiger partial charge in [-0.15, -0.1) is 0 Å². The summed E-state index contributed by atoms with van der Waals surface area (Å²) in [5, 5.41) is 0. The van der Waals surface area contributed by atoms with E-state index in [0.29, 0.717) is 11.4 Å². The summed E-state index contributed by atoms with van der Waals surface area (Å²) in [4.78, 5) is 2.79. The molecule has 0 saturated carbocycles. The van der Waals surface area contributed by atoms with E-state index >= 15 is 0 Å². The van der Waals surface area contributed by atoms with Gasteiger partial charge >= 0.3 is 0 Å². The van der Waals surface area contributed by atoms with Gasteiger partial charge in [-0.1, -0.05) is 24.6 Å². The first-order valence-electron chi connectivity index (χ1n) is 7.76. The normalized spacial score (nSPS) is 20.6. The number of benzene rings is 1. The molecule has 1 aliphatic heterocycles. The van der Waals surface area contributed by atoms with E-state index in [1.54, 1.807) is 12.1 Å². The molecule has 4 nitrogen and oxygen atoms in total. The Labute approximate surface area is 128 Å². The second-order valence-electron chi connectivity index (χ2n) is 6.11. The lowest BCUT2D eigenvalue weighted by Crippen LogP contribution is -2.36. The molecule has 5 heteroatoms. The third-order valence-electron chi connectivity index (χ3n) is 4.02. The van der Waals surface area contributed by atoms with E-state index in [9.17, 15) is 8.42 Å². The van der Waals surface area contributed by atoms with Crippen molar-refractivity contribution in [2.24, 2.45) is 5.92 Å². The smallest absolute Gasteiger partial charge is 0.240 e. The van der Waals surface area contributed by atoms with E-state index < -0.39 is 10.0 Å². The molecule has 118 valence electrons. The van der Waals surface area contributed by atoms with Gasteiger partial charge in [-0.05, 0) is 57.3 Å². The third-order valence-corrected chi connectivity index (χ3v) is 5.49. The third kappa shape index (κ3) is 5.09. The monoisotopic (exact) mass is 310 g/mol. The summed E-state index contributed by atoms with van der Waals surface area (Å²) in [5.41, 5.74) is 1.06. The van der Waals surface area contributed by atoms with Crippen LogP contribution in [0.2, 0.25) is 0 Å². The molecule has 1 aliphatic rings. The molecular weight excluding hydrogens is 284 g/mol. The standard InChI is InChI=1S/C16H26N2O2S/c1-14-6-8-16(9-7-14)21(19,20)17-10-4-12-18-11-3-5-15(2)13-18/h6-9,15,17H,3-5,10-13H2,1-2H3. The highest BCUT2D eigenvalue weighted by atomic mass is 32.2. The highest BCUT2D eigenvalue weighted by Gasteiger charge is 2.16. The average molecular weight is 310 g/mol. The summed E-state index contributed by atoms with van der Waals surface area (Å²) in [6.45, 7) is 8.00. The highest BCUT2D eigenvalue weighted by molar-refractivity contribution is 7.89. The van der Waals surface area contributed by atoms with Gasteiger partial charge in [-0.2, -0.15) is 0 Å². The number of likely N-dealkylation sites (tertiary alicyclic amines) is 1. The van der Waals surface area contributed by atoms with Crippen molar-refractivity contribution in [3.05, 3.63) is 29.8 Å². The van der Waals surface area contributed by atoms with Crippen molar-refractivity contribution in [2.45, 2.75) is 38.0 Å². The Hall–Kier alpha value is -0.910. The number of piperidine rings is 1. The minimum absolute atomic E-state index is 0.347. The Morgan fingerprint density at radius 1 is 1.29 bits per heavy atom. The molecule has 21 heavy (non-hydrogen) atoms. The van der Waals surface area contributed by atoms with Crippen LogP contribution >= 0.6 is 0 Å². The van der Waals surface area contributed by atoms with Crippen molar-refractivity contribution in [3.8, 4) is 0 Å². The van der Waals surface area contributed by atoms with Crippen molar-refractivity contribution < 1.29 is 8.42 Å². The van der Waals surface area contributed by atoms with Gasteiger partial charge in [0.25, 0.3) is 0 Å². The minimum Gasteiger partial charge on any atom is -0.303 e. The van der Waals surface area contributed by atoms with Crippen LogP contribution in [0.15, 0.2) is 29.2 Å². The molecule has 0 bridgehead atoms. The molecule has 0 spiro atoms. The molecule has 2 rings (SSSR count). The van der Waals surface area contributed by atoms with Crippen LogP contribution in [0.5, 0.6) is 0 Å². The molecule has 1 fully saturated rings. The van der Waals surface area contributed by atoms with E-state index in [1.807, 2.05) is 19.1 Å². The van der Waals surface area contributed by atoms with Gasteiger partial charge in [0.05, 0.1) is 4.90 Å². The average Bonchev–Trinajstić information content (AvgIpc) is 2.44. The lowest BCUT2D eigenvalue weighted by molar-refractivity contribution is 0.182. The summed E-state index contributed by atoms with van der Waals surface area (Å²) >= 11 is 0. The molecule has 1 atom stereocenters. The first kappa shape index (κ1) is 16.5. The largest absolute Gasteiger partial charge is 0.303 e. The Kier molecular flexibility index (Phi) is 5.79. The van der Waals surface area contributed by atoms with Gasteiger partial charge < -0.3 is 4.90 Å². The Morgan fingerprint density at radius 2 is 2.00 bits per heavy atom. The van der Waals surface area contributed by atoms with E-state index in [4.69, 9.17) is 0 Å². The Morgan fingerprint density at radius 3 is 2.67 bits per heavy atom. The van der Waals surface area contributed by atoms with Crippen LogP contribution in [0, 0.1) is 12.8 Å². The fourth-order valence-electron chi connectivity index (χ4n) is 2.80. The first-order valence-corrected chi connectivity index (χ1v) is 9.24. The molecule has 1 aromatic carbocycles. The molecule has 1 aromatic rings. The zero-order valence-corrected chi connectivity index (χ0v) is 13.8. The number of sulfonamides is 1. The number of hydrogen-bond acceptors (Lipinski definition) is 3. The van der Waals surface area contributed by atoms with Crippen molar-refractivity contribution in [1.29, 1.82) is 0 Å². The van der Waals surface area contributed by atoms with E-state index in [1.165, 1.54) is 12.8 Å². The number of nitrogens with one attached hydrogen (secondary N) is 1. The molecule has 0 amide bonds. The van der Waals surface area contributed by atoms with Crippen molar-refractivity contribution >= 4 is 10.0 Å². The Bertz CT molecular complexity index is 540. The van der Waals surface area contributed by atoms with Crippen LogP contribution in [0.25, 0.3) is 0 Å². The van der Waals surface area contributed by atoms with Gasteiger partial charge in [0, 0.05) is 13.1 Å². The second kappa shape index (κ2) is 7.38. The number of aryl methyl sites for hydroxylation is 1. The fraction of sp³-hybridized carbons (Fsp3) is 0.625. The lowest BCUT2D eigenvalue weighted by Gasteiger charge is -2.30. The molecule has 1 N–H and O–H groups in total. The topological polar surface area (TPSA) is 49.4 Å². The van der Waals surface area contributed by atoms with Crippen LogP contribution in [0.3, 0.4) is 0 Å². The molecule has 1 unspecified atom stereocenters. The molecule has 0 aromatic heterocycles. The SMILES string of the molecule is Cc1ccc(S(=O)(=O)NCCCN2CCCC(C)C2)cc1. The van der Waals surface area contributed by atoms with Crippen LogP contribution in [-0.4, -0.2) is 39.5 Å². The Balaban J connectivity index is 1.76. The van der Waals surface area contributed by atoms with E-state index in [-0.39, 0.29) is 0 Å². The van der Waals surface area contributed by atoms with Gasteiger partial charge in [-0.25, -0.2) is 13.1 Å². The van der Waals surface area contributed by atoms with E-state index in [2.05, 4.69) is 16.5 Å². The van der Waals surface area contributed by atoms with Gasteiger partial charge in [0.1, 0.15) is 0 Å². The molecule has 0 aliphatic carbocycles. The quantitative estimate of drug-likeness (QED) is 0.821. The van der Waals surface area contributed by atoms with Gasteiger partial charge in [0.15, 0.2) is 0 Å². The summed E-state index contributed by atoms with van der Waals surface area (Å²) in [6.07, 6.45) is 3.44. The van der Waals surface area contributed by atoms with Crippen molar-refractivity contribution in [2.75, 3.05) is 26.2 Å². The predicted octanol–water partition coefficient (Wildman–Crippen LogP) is 2.40. The number of nitrogens with zero attached hydrogens (tertiary/aromatic N) is 1. The maximum atomic E-state index is 12.1. The first-order chi connectivity index (χ1) is 9.97. The predicted molar refractivity (Wildman–Crippen MR) is 85.8 cm³/mol. The van der Waals surface area contributed by atoms with E-state index in [0.717, 1.165) is 37.5 Å². The summed E-state index contributed by atoms with van der Waals surface area (Å²) in [5.74, 6) is 0.767. The van der Waals surface area contributed by atoms with Crippen molar-refractivity contribution in [1.82, 2.24) is 9.62 Å². The van der Waals surface area contributed by atoms with Gasteiger partial charge in [-0.3, -0.25) is 0 Å². The van der Waals surface area contributed by atoms with Crippen LogP contribution < -0.4 is 4.72 Å². The highest BCUT2D eigenvalue weighted by Crippen LogP contribution is 2.15. The maximum Gasteiger partial charge on any atom is 0.240 e. The molecule has 0 radical (unpaired) electrons. The van der Waals surface area contributed by atoms with Crippen LogP contribution in [0.4, 0.5) is 0 Å². The maximum absolute atomic E-state index is 12.1. The number of hydrogen-bond donors (Lipinski definition) is 1. The molecule has 1 heterocycles. The number of rotatable bonds is 6. The zero-order valence-electron chi connectivity index (χ0n) is 13.0. The minimum atomic E-state index is -3.36. The van der Waals surface area contributed by atoms with Crippen LogP contribution in [0.1, 0.15) is 31.7 Å². The summed E-state index contributed by atoms with van der Waals surface area (Å²) in [6, 6.07) is 6.96. The zero-order chi connectivity index (χ0) is 15.3. The summed E-state index contributed by atoms with van der Waals surface area (Å²) < 4.78 is 26.9.